The van der Waals surface area contributed by atoms with Gasteiger partial charge in [-0.3, -0.25) is 4.79 Å². The number of alkyl halides is 2. The van der Waals surface area contributed by atoms with Crippen LogP contribution in [0.2, 0.25) is 0 Å². The van der Waals surface area contributed by atoms with Crippen LogP contribution in [0.25, 0.3) is 0 Å². The number of halogens is 2. The van der Waals surface area contributed by atoms with Crippen LogP contribution in [-0.2, 0) is 9.84 Å². The number of carbonyl (C=O) groups is 1. The molecule has 1 heterocycles. The molecule has 8 nitrogen and oxygen atoms in total. The second kappa shape index (κ2) is 9.13. The third-order valence-electron chi connectivity index (χ3n) is 4.73. The average molecular weight is 436 g/mol. The van der Waals surface area contributed by atoms with Crippen molar-refractivity contribution in [3.63, 3.8) is 0 Å². The molecule has 1 aromatic heterocycles. The van der Waals surface area contributed by atoms with E-state index in [4.69, 9.17) is 10.00 Å². The van der Waals surface area contributed by atoms with Crippen LogP contribution in [0.4, 0.5) is 8.78 Å². The first-order valence-electron chi connectivity index (χ1n) is 9.12. The summed E-state index contributed by atoms with van der Waals surface area (Å²) in [6, 6.07) is 6.54. The van der Waals surface area contributed by atoms with Gasteiger partial charge in [-0.25, -0.2) is 18.4 Å². The average Bonchev–Trinajstić information content (AvgIpc) is 2.75. The molecular formula is C19H18F2N4O4S. The summed E-state index contributed by atoms with van der Waals surface area (Å²) in [5.41, 5.74) is -0.223. The summed E-state index contributed by atoms with van der Waals surface area (Å²) in [5.74, 6) is -4.18. The molecule has 1 fully saturated rings. The van der Waals surface area contributed by atoms with Crippen LogP contribution in [-0.4, -0.2) is 42.2 Å². The molecule has 0 atom stereocenters. The van der Waals surface area contributed by atoms with Crippen molar-refractivity contribution in [2.45, 2.75) is 48.5 Å². The van der Waals surface area contributed by atoms with Gasteiger partial charge in [0.25, 0.3) is 11.8 Å². The maximum atomic E-state index is 12.9. The Bertz CT molecular complexity index is 1060. The van der Waals surface area contributed by atoms with E-state index in [2.05, 4.69) is 15.3 Å². The SMILES string of the molecule is N#Cc1nccnc1OC1CCC(NC(=O)c2ccccc2S(=O)(=O)C(F)F)CC1. The minimum atomic E-state index is -4.90. The number of amides is 1. The van der Waals surface area contributed by atoms with Crippen molar-refractivity contribution < 1.29 is 26.7 Å². The molecule has 158 valence electrons. The van der Waals surface area contributed by atoms with Crippen LogP contribution in [0.15, 0.2) is 41.6 Å². The van der Waals surface area contributed by atoms with Crippen molar-refractivity contribution in [2.24, 2.45) is 0 Å². The predicted molar refractivity (Wildman–Crippen MR) is 101 cm³/mol. The van der Waals surface area contributed by atoms with E-state index < -0.39 is 26.4 Å². The van der Waals surface area contributed by atoms with E-state index in [1.807, 2.05) is 6.07 Å². The van der Waals surface area contributed by atoms with Crippen molar-refractivity contribution >= 4 is 15.7 Å². The van der Waals surface area contributed by atoms with E-state index in [-0.39, 0.29) is 29.3 Å². The lowest BCUT2D eigenvalue weighted by molar-refractivity contribution is 0.0886. The van der Waals surface area contributed by atoms with Gasteiger partial charge in [0.2, 0.25) is 15.5 Å². The fourth-order valence-corrected chi connectivity index (χ4v) is 4.16. The highest BCUT2D eigenvalue weighted by Gasteiger charge is 2.32. The van der Waals surface area contributed by atoms with E-state index >= 15 is 0 Å². The third kappa shape index (κ3) is 4.71. The number of hydrogen-bond donors (Lipinski definition) is 1. The van der Waals surface area contributed by atoms with Crippen LogP contribution in [0.5, 0.6) is 5.88 Å². The molecule has 0 spiro atoms. The van der Waals surface area contributed by atoms with Crippen LogP contribution in [0.3, 0.4) is 0 Å². The molecule has 2 aromatic rings. The molecule has 0 radical (unpaired) electrons. The summed E-state index contributed by atoms with van der Waals surface area (Å²) in [6.07, 6.45) is 4.78. The predicted octanol–water partition coefficient (Wildman–Crippen LogP) is 2.46. The minimum absolute atomic E-state index is 0.0878. The lowest BCUT2D eigenvalue weighted by Crippen LogP contribution is -2.40. The van der Waals surface area contributed by atoms with Crippen LogP contribution in [0, 0.1) is 11.3 Å². The van der Waals surface area contributed by atoms with E-state index in [0.717, 1.165) is 6.07 Å². The van der Waals surface area contributed by atoms with Gasteiger partial charge in [-0.1, -0.05) is 12.1 Å². The second-order valence-corrected chi connectivity index (χ2v) is 8.57. The maximum absolute atomic E-state index is 12.9. The van der Waals surface area contributed by atoms with Crippen molar-refractivity contribution in [3.05, 3.63) is 47.9 Å². The Labute approximate surface area is 171 Å². The number of benzene rings is 1. The molecule has 0 bridgehead atoms. The number of ether oxygens (including phenoxy) is 1. The smallest absolute Gasteiger partial charge is 0.341 e. The maximum Gasteiger partial charge on any atom is 0.341 e. The van der Waals surface area contributed by atoms with E-state index in [0.29, 0.717) is 25.7 Å². The fraction of sp³-hybridized carbons (Fsp3) is 0.368. The monoisotopic (exact) mass is 436 g/mol. The molecule has 1 aliphatic rings. The quantitative estimate of drug-likeness (QED) is 0.738. The molecule has 11 heteroatoms. The first kappa shape index (κ1) is 21.6. The molecule has 0 unspecified atom stereocenters. The highest BCUT2D eigenvalue weighted by atomic mass is 32.2. The Balaban J connectivity index is 1.62. The molecule has 1 N–H and O–H groups in total. The number of carbonyl (C=O) groups excluding carboxylic acids is 1. The first-order valence-corrected chi connectivity index (χ1v) is 10.7. The number of rotatable bonds is 6. The van der Waals surface area contributed by atoms with Gasteiger partial charge in [-0.15, -0.1) is 0 Å². The fourth-order valence-electron chi connectivity index (χ4n) is 3.23. The van der Waals surface area contributed by atoms with Gasteiger partial charge < -0.3 is 10.1 Å². The standard InChI is InChI=1S/C19H18F2N4O4S/c20-19(21)30(27,28)16-4-2-1-3-14(16)17(26)25-12-5-7-13(8-6-12)29-18-15(11-22)23-9-10-24-18/h1-4,9-10,12-13,19H,5-8H2,(H,25,26). The Morgan fingerprint density at radius 1 is 1.17 bits per heavy atom. The van der Waals surface area contributed by atoms with E-state index in [9.17, 15) is 22.0 Å². The van der Waals surface area contributed by atoms with Gasteiger partial charge in [-0.05, 0) is 37.8 Å². The molecule has 30 heavy (non-hydrogen) atoms. The summed E-state index contributed by atoms with van der Waals surface area (Å²) in [7, 11) is -4.90. The largest absolute Gasteiger partial charge is 0.472 e. The van der Waals surface area contributed by atoms with Crippen molar-refractivity contribution in [2.75, 3.05) is 0 Å². The second-order valence-electron chi connectivity index (χ2n) is 6.69. The number of nitrogens with one attached hydrogen (secondary N) is 1. The van der Waals surface area contributed by atoms with Crippen molar-refractivity contribution in [1.29, 1.82) is 5.26 Å². The molecule has 1 saturated carbocycles. The summed E-state index contributed by atoms with van der Waals surface area (Å²) in [5, 5.41) is 11.8. The zero-order valence-corrected chi connectivity index (χ0v) is 16.5. The highest BCUT2D eigenvalue weighted by Crippen LogP contribution is 2.26. The molecule has 1 aromatic carbocycles. The van der Waals surface area contributed by atoms with E-state index in [1.54, 1.807) is 0 Å². The van der Waals surface area contributed by atoms with Gasteiger partial charge in [0, 0.05) is 18.4 Å². The van der Waals surface area contributed by atoms with Gasteiger partial charge in [-0.2, -0.15) is 14.0 Å². The molecule has 0 saturated heterocycles. The topological polar surface area (TPSA) is 122 Å². The van der Waals surface area contributed by atoms with Gasteiger partial charge >= 0.3 is 5.76 Å². The van der Waals surface area contributed by atoms with E-state index in [1.165, 1.54) is 30.6 Å². The number of nitriles is 1. The zero-order valence-electron chi connectivity index (χ0n) is 15.7. The van der Waals surface area contributed by atoms with Crippen LogP contribution < -0.4 is 10.1 Å². The molecular weight excluding hydrogens is 418 g/mol. The van der Waals surface area contributed by atoms with Gasteiger partial charge in [0.15, 0.2) is 0 Å². The third-order valence-corrected chi connectivity index (χ3v) is 6.17. The van der Waals surface area contributed by atoms with Gasteiger partial charge in [0.05, 0.1) is 10.5 Å². The summed E-state index contributed by atoms with van der Waals surface area (Å²) in [4.78, 5) is 19.7. The summed E-state index contributed by atoms with van der Waals surface area (Å²) < 4.78 is 55.2. The zero-order chi connectivity index (χ0) is 21.7. The molecule has 1 aliphatic carbocycles. The Morgan fingerprint density at radius 2 is 1.83 bits per heavy atom. The Hall–Kier alpha value is -3.13. The lowest BCUT2D eigenvalue weighted by Gasteiger charge is -2.29. The number of sulfone groups is 1. The normalized spacial score (nSPS) is 19.1. The van der Waals surface area contributed by atoms with Gasteiger partial charge in [0.1, 0.15) is 12.2 Å². The first-order chi connectivity index (χ1) is 14.3. The Kier molecular flexibility index (Phi) is 6.56. The summed E-state index contributed by atoms with van der Waals surface area (Å²) in [6.45, 7) is 0. The number of nitrogens with zero attached hydrogens (tertiary/aromatic N) is 3. The molecule has 1 amide bonds. The van der Waals surface area contributed by atoms with Crippen LogP contribution >= 0.6 is 0 Å². The Morgan fingerprint density at radius 3 is 2.50 bits per heavy atom. The number of hydrogen-bond acceptors (Lipinski definition) is 7. The van der Waals surface area contributed by atoms with Crippen molar-refractivity contribution in [1.82, 2.24) is 15.3 Å². The molecule has 3 rings (SSSR count). The number of aromatic nitrogens is 2. The highest BCUT2D eigenvalue weighted by molar-refractivity contribution is 7.91. The summed E-state index contributed by atoms with van der Waals surface area (Å²) >= 11 is 0. The van der Waals surface area contributed by atoms with Crippen LogP contribution in [0.1, 0.15) is 41.7 Å². The lowest BCUT2D eigenvalue weighted by atomic mass is 9.92. The molecule has 0 aliphatic heterocycles. The van der Waals surface area contributed by atoms with Crippen molar-refractivity contribution in [3.8, 4) is 11.9 Å². The minimum Gasteiger partial charge on any atom is -0.472 e.